The Morgan fingerprint density at radius 2 is 1.85 bits per heavy atom. The predicted octanol–water partition coefficient (Wildman–Crippen LogP) is 3.54. The van der Waals surface area contributed by atoms with E-state index in [2.05, 4.69) is 44.8 Å². The van der Waals surface area contributed by atoms with Gasteiger partial charge in [0.2, 0.25) is 0 Å². The summed E-state index contributed by atoms with van der Waals surface area (Å²) in [4.78, 5) is 0. The molecule has 0 bridgehead atoms. The van der Waals surface area contributed by atoms with Crippen molar-refractivity contribution in [3.05, 3.63) is 65.4 Å². The molecule has 0 saturated heterocycles. The van der Waals surface area contributed by atoms with Crippen LogP contribution in [-0.2, 0) is 19.9 Å². The molecule has 0 amide bonds. The second-order valence-electron chi connectivity index (χ2n) is 6.74. The minimum absolute atomic E-state index is 0.867. The lowest BCUT2D eigenvalue weighted by atomic mass is 10.0. The maximum absolute atomic E-state index is 5.47. The Morgan fingerprint density at radius 1 is 1.04 bits per heavy atom. The van der Waals surface area contributed by atoms with E-state index < -0.39 is 0 Å². The van der Waals surface area contributed by atoms with Crippen LogP contribution < -0.4 is 4.74 Å². The van der Waals surface area contributed by atoms with Gasteiger partial charge in [0.1, 0.15) is 12.1 Å². The van der Waals surface area contributed by atoms with Gasteiger partial charge in [-0.15, -0.1) is 10.2 Å². The Balaban J connectivity index is 1.72. The summed E-state index contributed by atoms with van der Waals surface area (Å²) in [6.45, 7) is 4.11. The van der Waals surface area contributed by atoms with E-state index in [4.69, 9.17) is 4.74 Å². The molecule has 3 aromatic heterocycles. The van der Waals surface area contributed by atoms with Gasteiger partial charge in [0.15, 0.2) is 5.65 Å². The molecule has 0 fully saturated rings. The van der Waals surface area contributed by atoms with E-state index in [1.165, 1.54) is 11.3 Å². The van der Waals surface area contributed by atoms with Gasteiger partial charge in [0.25, 0.3) is 0 Å². The van der Waals surface area contributed by atoms with Crippen LogP contribution in [0.25, 0.3) is 16.8 Å². The van der Waals surface area contributed by atoms with Crippen LogP contribution in [-0.4, -0.2) is 31.5 Å². The number of pyridine rings is 1. The lowest BCUT2D eigenvalue weighted by molar-refractivity contribution is 0.409. The summed E-state index contributed by atoms with van der Waals surface area (Å²) in [6.07, 6.45) is 3.55. The maximum Gasteiger partial charge on any atom is 0.168 e. The summed E-state index contributed by atoms with van der Waals surface area (Å²) in [5, 5.41) is 13.1. The number of para-hydroxylation sites is 1. The zero-order valence-corrected chi connectivity index (χ0v) is 16.1. The van der Waals surface area contributed by atoms with Crippen LogP contribution in [0.2, 0.25) is 0 Å². The van der Waals surface area contributed by atoms with Crippen molar-refractivity contribution in [1.82, 2.24) is 24.4 Å². The first-order chi connectivity index (χ1) is 13.1. The monoisotopic (exact) mass is 361 g/mol. The molecule has 0 aliphatic heterocycles. The molecule has 0 spiro atoms. The quantitative estimate of drug-likeness (QED) is 0.546. The Kier molecular flexibility index (Phi) is 4.39. The van der Waals surface area contributed by atoms with E-state index >= 15 is 0 Å². The van der Waals surface area contributed by atoms with Gasteiger partial charge in [-0.3, -0.25) is 9.08 Å². The molecule has 4 rings (SSSR count). The largest absolute Gasteiger partial charge is 0.496 e. The third-order valence-electron chi connectivity index (χ3n) is 5.16. The molecule has 4 aromatic rings. The molecular formula is C21H23N5O. The number of hydrogen-bond donors (Lipinski definition) is 0. The summed E-state index contributed by atoms with van der Waals surface area (Å²) in [7, 11) is 3.68. The van der Waals surface area contributed by atoms with Crippen LogP contribution >= 0.6 is 0 Å². The van der Waals surface area contributed by atoms with Gasteiger partial charge in [0, 0.05) is 29.6 Å². The van der Waals surface area contributed by atoms with Gasteiger partial charge < -0.3 is 4.74 Å². The highest BCUT2D eigenvalue weighted by atomic mass is 16.5. The fourth-order valence-corrected chi connectivity index (χ4v) is 3.70. The van der Waals surface area contributed by atoms with Crippen molar-refractivity contribution in [2.75, 3.05) is 7.11 Å². The minimum atomic E-state index is 0.867. The number of hydrogen-bond acceptors (Lipinski definition) is 4. The van der Waals surface area contributed by atoms with E-state index in [1.54, 1.807) is 13.4 Å². The van der Waals surface area contributed by atoms with E-state index in [9.17, 15) is 0 Å². The molecular weight excluding hydrogens is 338 g/mol. The first-order valence-electron chi connectivity index (χ1n) is 9.04. The molecule has 6 nitrogen and oxygen atoms in total. The lowest BCUT2D eigenvalue weighted by Crippen LogP contribution is -2.02. The summed E-state index contributed by atoms with van der Waals surface area (Å²) in [5.74, 6) is 0.927. The van der Waals surface area contributed by atoms with Crippen molar-refractivity contribution >= 4 is 5.65 Å². The number of aromatic nitrogens is 5. The third kappa shape index (κ3) is 2.97. The number of ether oxygens (including phenoxy) is 1. The number of methoxy groups -OCH3 is 1. The fraction of sp³-hybridized carbons (Fsp3) is 0.286. The summed E-state index contributed by atoms with van der Waals surface area (Å²) in [6, 6.07) is 12.4. The highest BCUT2D eigenvalue weighted by Gasteiger charge is 2.17. The van der Waals surface area contributed by atoms with Gasteiger partial charge in [-0.25, -0.2) is 0 Å². The minimum Gasteiger partial charge on any atom is -0.496 e. The molecule has 0 atom stereocenters. The molecule has 138 valence electrons. The first kappa shape index (κ1) is 17.3. The third-order valence-corrected chi connectivity index (χ3v) is 5.16. The molecule has 0 aliphatic carbocycles. The first-order valence-corrected chi connectivity index (χ1v) is 9.04. The Bertz CT molecular complexity index is 1110. The summed E-state index contributed by atoms with van der Waals surface area (Å²) >= 11 is 0. The fourth-order valence-electron chi connectivity index (χ4n) is 3.70. The second-order valence-corrected chi connectivity index (χ2v) is 6.74. The smallest absolute Gasteiger partial charge is 0.168 e. The van der Waals surface area contributed by atoms with E-state index in [-0.39, 0.29) is 0 Å². The highest BCUT2D eigenvalue weighted by Crippen LogP contribution is 2.30. The second kappa shape index (κ2) is 6.87. The van der Waals surface area contributed by atoms with E-state index in [1.807, 2.05) is 36.9 Å². The van der Waals surface area contributed by atoms with Crippen LogP contribution in [0.5, 0.6) is 5.75 Å². The molecule has 0 unspecified atom stereocenters. The normalized spacial score (nSPS) is 11.3. The predicted molar refractivity (Wildman–Crippen MR) is 105 cm³/mol. The standard InChI is InChI=1S/C21H23N5O/c1-14-20(15(2)25(3)24-14)18-12-11-17(26-13-22-23-21(18)26)10-9-16-7-5-6-8-19(16)27-4/h5-8,11-13H,9-10H2,1-4H3. The van der Waals surface area contributed by atoms with Crippen molar-refractivity contribution in [3.8, 4) is 16.9 Å². The number of fused-ring (bicyclic) bond motifs is 1. The Morgan fingerprint density at radius 3 is 2.59 bits per heavy atom. The van der Waals surface area contributed by atoms with Crippen LogP contribution in [0.15, 0.2) is 42.7 Å². The maximum atomic E-state index is 5.47. The molecule has 0 saturated carbocycles. The molecule has 6 heteroatoms. The van der Waals surface area contributed by atoms with Crippen molar-refractivity contribution in [1.29, 1.82) is 0 Å². The number of benzene rings is 1. The van der Waals surface area contributed by atoms with Gasteiger partial charge >= 0.3 is 0 Å². The molecule has 0 aliphatic rings. The Hall–Kier alpha value is -3.15. The number of aryl methyl sites for hydroxylation is 4. The SMILES string of the molecule is COc1ccccc1CCc1ccc(-c2c(C)nn(C)c2C)c2nncn12. The van der Waals surface area contributed by atoms with Gasteiger partial charge in [-0.05, 0) is 50.5 Å². The Labute approximate surface area is 158 Å². The van der Waals surface area contributed by atoms with Gasteiger partial charge in [-0.2, -0.15) is 5.10 Å². The van der Waals surface area contributed by atoms with Crippen molar-refractivity contribution in [3.63, 3.8) is 0 Å². The van der Waals surface area contributed by atoms with Crippen LogP contribution in [0, 0.1) is 13.8 Å². The summed E-state index contributed by atoms with van der Waals surface area (Å²) in [5.41, 5.74) is 7.56. The molecule has 0 N–H and O–H groups in total. The topological polar surface area (TPSA) is 57.2 Å². The van der Waals surface area contributed by atoms with Crippen LogP contribution in [0.4, 0.5) is 0 Å². The highest BCUT2D eigenvalue weighted by molar-refractivity contribution is 5.80. The number of rotatable bonds is 5. The van der Waals surface area contributed by atoms with Crippen LogP contribution in [0.1, 0.15) is 22.6 Å². The number of nitrogens with zero attached hydrogens (tertiary/aromatic N) is 5. The summed E-state index contributed by atoms with van der Waals surface area (Å²) < 4.78 is 9.46. The average Bonchev–Trinajstić information content (AvgIpc) is 3.26. The van der Waals surface area contributed by atoms with Gasteiger partial charge in [0.05, 0.1) is 12.8 Å². The zero-order valence-electron chi connectivity index (χ0n) is 16.1. The molecule has 27 heavy (non-hydrogen) atoms. The van der Waals surface area contributed by atoms with Crippen molar-refractivity contribution in [2.45, 2.75) is 26.7 Å². The zero-order chi connectivity index (χ0) is 19.0. The van der Waals surface area contributed by atoms with E-state index in [0.717, 1.165) is 46.8 Å². The average molecular weight is 361 g/mol. The van der Waals surface area contributed by atoms with Crippen molar-refractivity contribution < 1.29 is 4.74 Å². The van der Waals surface area contributed by atoms with Crippen molar-refractivity contribution in [2.24, 2.45) is 7.05 Å². The van der Waals surface area contributed by atoms with Crippen LogP contribution in [0.3, 0.4) is 0 Å². The molecule has 1 aromatic carbocycles. The van der Waals surface area contributed by atoms with Gasteiger partial charge in [-0.1, -0.05) is 18.2 Å². The molecule has 0 radical (unpaired) electrons. The lowest BCUT2D eigenvalue weighted by Gasteiger charge is -2.11. The van der Waals surface area contributed by atoms with E-state index in [0.29, 0.717) is 0 Å². The molecule has 3 heterocycles.